The van der Waals surface area contributed by atoms with Crippen molar-refractivity contribution in [1.29, 1.82) is 0 Å². The Morgan fingerprint density at radius 3 is 2.46 bits per heavy atom. The second-order valence-electron chi connectivity index (χ2n) is 5.60. The van der Waals surface area contributed by atoms with Gasteiger partial charge in [-0.2, -0.15) is 12.6 Å². The predicted molar refractivity (Wildman–Crippen MR) is 104 cm³/mol. The second kappa shape index (κ2) is 8.49. The van der Waals surface area contributed by atoms with Gasteiger partial charge in [0.1, 0.15) is 18.1 Å². The molecule has 0 N–H and O–H groups in total. The Balaban J connectivity index is 2.28. The molecule has 0 spiro atoms. The molecule has 0 radical (unpaired) electrons. The molecular formula is C19H22O3S2. The van der Waals surface area contributed by atoms with E-state index in [0.717, 1.165) is 34.2 Å². The van der Waals surface area contributed by atoms with Crippen LogP contribution in [0.5, 0.6) is 11.5 Å². The molecule has 0 bridgehead atoms. The van der Waals surface area contributed by atoms with Crippen LogP contribution in [0.15, 0.2) is 30.3 Å². The van der Waals surface area contributed by atoms with Crippen molar-refractivity contribution in [3.63, 3.8) is 0 Å². The van der Waals surface area contributed by atoms with Crippen LogP contribution >= 0.6 is 24.4 Å². The molecule has 3 nitrogen and oxygen atoms in total. The first kappa shape index (κ1) is 18.7. The summed E-state index contributed by atoms with van der Waals surface area (Å²) in [4.78, 5) is 11.6. The van der Waals surface area contributed by atoms with Crippen LogP contribution in [-0.4, -0.2) is 11.6 Å². The standard InChI is InChI=1S/C19H22O3S2/c1-12-8-14(3)18(9-13(12)2)21-10-16-15(11-23)6-5-7-17(16)22-19(20)24-4/h5-9,23H,10-11H2,1-4H3. The number of carbonyl (C=O) groups excluding carboxylic acids is 1. The highest BCUT2D eigenvalue weighted by Crippen LogP contribution is 2.29. The quantitative estimate of drug-likeness (QED) is 0.564. The molecule has 0 heterocycles. The van der Waals surface area contributed by atoms with E-state index in [0.29, 0.717) is 18.1 Å². The lowest BCUT2D eigenvalue weighted by Gasteiger charge is -2.16. The van der Waals surface area contributed by atoms with Gasteiger partial charge in [0.05, 0.1) is 0 Å². The summed E-state index contributed by atoms with van der Waals surface area (Å²) in [6, 6.07) is 9.77. The Labute approximate surface area is 153 Å². The van der Waals surface area contributed by atoms with Gasteiger partial charge in [-0.25, -0.2) is 4.79 Å². The maximum absolute atomic E-state index is 11.6. The highest BCUT2D eigenvalue weighted by molar-refractivity contribution is 8.12. The van der Waals surface area contributed by atoms with Gasteiger partial charge in [0.15, 0.2) is 0 Å². The van der Waals surface area contributed by atoms with Gasteiger partial charge in [-0.05, 0) is 73.2 Å². The number of benzene rings is 2. The summed E-state index contributed by atoms with van der Waals surface area (Å²) in [6.45, 7) is 6.51. The van der Waals surface area contributed by atoms with Gasteiger partial charge in [0, 0.05) is 11.3 Å². The number of rotatable bonds is 5. The van der Waals surface area contributed by atoms with Crippen molar-refractivity contribution in [1.82, 2.24) is 0 Å². The zero-order valence-corrected chi connectivity index (χ0v) is 16.1. The molecule has 24 heavy (non-hydrogen) atoms. The number of thioether (sulfide) groups is 1. The number of hydrogen-bond donors (Lipinski definition) is 1. The van der Waals surface area contributed by atoms with Crippen LogP contribution in [-0.2, 0) is 12.4 Å². The first-order chi connectivity index (χ1) is 11.5. The maximum atomic E-state index is 11.6. The molecule has 5 heteroatoms. The molecule has 0 saturated carbocycles. The molecule has 0 saturated heterocycles. The molecule has 0 aromatic heterocycles. The molecule has 0 aliphatic heterocycles. The largest absolute Gasteiger partial charge is 0.488 e. The summed E-state index contributed by atoms with van der Waals surface area (Å²) < 4.78 is 11.4. The van der Waals surface area contributed by atoms with E-state index in [-0.39, 0.29) is 5.30 Å². The summed E-state index contributed by atoms with van der Waals surface area (Å²) in [5, 5.41) is -0.338. The van der Waals surface area contributed by atoms with Crippen molar-refractivity contribution in [3.8, 4) is 11.5 Å². The lowest BCUT2D eigenvalue weighted by Crippen LogP contribution is -2.07. The van der Waals surface area contributed by atoms with Crippen molar-refractivity contribution < 1.29 is 14.3 Å². The maximum Gasteiger partial charge on any atom is 0.372 e. The molecule has 0 amide bonds. The minimum absolute atomic E-state index is 0.330. The average molecular weight is 363 g/mol. The fraction of sp³-hybridized carbons (Fsp3) is 0.316. The van der Waals surface area contributed by atoms with Crippen LogP contribution in [0.25, 0.3) is 0 Å². The topological polar surface area (TPSA) is 35.5 Å². The highest BCUT2D eigenvalue weighted by atomic mass is 32.2. The van der Waals surface area contributed by atoms with Gasteiger partial charge in [-0.15, -0.1) is 0 Å². The molecule has 128 valence electrons. The van der Waals surface area contributed by atoms with E-state index in [1.54, 1.807) is 12.3 Å². The van der Waals surface area contributed by atoms with Gasteiger partial charge in [0.2, 0.25) is 0 Å². The predicted octanol–water partition coefficient (Wildman–Crippen LogP) is 5.48. The van der Waals surface area contributed by atoms with Crippen LogP contribution in [0.4, 0.5) is 4.79 Å². The SMILES string of the molecule is CSC(=O)Oc1cccc(CS)c1COc1cc(C)c(C)cc1C. The third kappa shape index (κ3) is 4.48. The van der Waals surface area contributed by atoms with E-state index >= 15 is 0 Å². The fourth-order valence-corrected chi connectivity index (χ4v) is 2.86. The molecule has 0 unspecified atom stereocenters. The van der Waals surface area contributed by atoms with Gasteiger partial charge in [0.25, 0.3) is 0 Å². The molecule has 0 aliphatic rings. The van der Waals surface area contributed by atoms with Crippen molar-refractivity contribution in [3.05, 3.63) is 58.1 Å². The van der Waals surface area contributed by atoms with E-state index < -0.39 is 0 Å². The minimum Gasteiger partial charge on any atom is -0.488 e. The number of hydrogen-bond acceptors (Lipinski definition) is 5. The van der Waals surface area contributed by atoms with Crippen LogP contribution < -0.4 is 9.47 Å². The van der Waals surface area contributed by atoms with E-state index in [4.69, 9.17) is 9.47 Å². The normalized spacial score (nSPS) is 10.5. The molecule has 0 aliphatic carbocycles. The molecule has 2 aromatic rings. The molecule has 0 atom stereocenters. The Morgan fingerprint density at radius 1 is 1.08 bits per heavy atom. The number of carbonyl (C=O) groups is 1. The fourth-order valence-electron chi connectivity index (χ4n) is 2.39. The van der Waals surface area contributed by atoms with Crippen LogP contribution in [0.1, 0.15) is 27.8 Å². The van der Waals surface area contributed by atoms with Crippen molar-refractivity contribution >= 4 is 29.7 Å². The first-order valence-electron chi connectivity index (χ1n) is 7.64. The lowest BCUT2D eigenvalue weighted by molar-refractivity contribution is 0.225. The Morgan fingerprint density at radius 2 is 1.79 bits per heavy atom. The minimum atomic E-state index is -0.338. The molecule has 2 aromatic carbocycles. The van der Waals surface area contributed by atoms with E-state index in [1.807, 2.05) is 25.1 Å². The smallest absolute Gasteiger partial charge is 0.372 e. The number of thiol groups is 1. The number of ether oxygens (including phenoxy) is 2. The van der Waals surface area contributed by atoms with Crippen LogP contribution in [0.2, 0.25) is 0 Å². The third-order valence-corrected chi connectivity index (χ3v) is 4.68. The molecule has 0 fully saturated rings. The van der Waals surface area contributed by atoms with Crippen molar-refractivity contribution in [2.45, 2.75) is 33.1 Å². The van der Waals surface area contributed by atoms with Crippen LogP contribution in [0.3, 0.4) is 0 Å². The van der Waals surface area contributed by atoms with Gasteiger partial charge < -0.3 is 9.47 Å². The second-order valence-corrected chi connectivity index (χ2v) is 6.66. The van der Waals surface area contributed by atoms with E-state index in [1.165, 1.54) is 11.1 Å². The summed E-state index contributed by atoms with van der Waals surface area (Å²) in [5.41, 5.74) is 5.36. The van der Waals surface area contributed by atoms with Gasteiger partial charge >= 0.3 is 5.30 Å². The molecular weight excluding hydrogens is 340 g/mol. The Hall–Kier alpha value is -1.59. The summed E-state index contributed by atoms with van der Waals surface area (Å²) in [7, 11) is 0. The monoisotopic (exact) mass is 362 g/mol. The van der Waals surface area contributed by atoms with Crippen molar-refractivity contribution in [2.75, 3.05) is 6.26 Å². The Kier molecular flexibility index (Phi) is 6.63. The van der Waals surface area contributed by atoms with Gasteiger partial charge in [-0.1, -0.05) is 18.2 Å². The highest BCUT2D eigenvalue weighted by Gasteiger charge is 2.14. The molecule has 2 rings (SSSR count). The van der Waals surface area contributed by atoms with E-state index in [2.05, 4.69) is 32.5 Å². The van der Waals surface area contributed by atoms with Crippen LogP contribution in [0, 0.1) is 20.8 Å². The summed E-state index contributed by atoms with van der Waals surface area (Å²) in [5.74, 6) is 1.92. The zero-order chi connectivity index (χ0) is 17.7. The van der Waals surface area contributed by atoms with Gasteiger partial charge in [-0.3, -0.25) is 0 Å². The first-order valence-corrected chi connectivity index (χ1v) is 9.50. The zero-order valence-electron chi connectivity index (χ0n) is 14.4. The van der Waals surface area contributed by atoms with Crippen molar-refractivity contribution in [2.24, 2.45) is 0 Å². The number of aryl methyl sites for hydroxylation is 3. The summed E-state index contributed by atoms with van der Waals surface area (Å²) >= 11 is 5.41. The van der Waals surface area contributed by atoms with E-state index in [9.17, 15) is 4.79 Å². The lowest BCUT2D eigenvalue weighted by atomic mass is 10.1. The third-order valence-electron chi connectivity index (χ3n) is 3.92. The summed E-state index contributed by atoms with van der Waals surface area (Å²) in [6.07, 6.45) is 1.69. The average Bonchev–Trinajstić information content (AvgIpc) is 2.57. The Bertz CT molecular complexity index is 742.